The first kappa shape index (κ1) is 11.0. The molecule has 0 radical (unpaired) electrons. The summed E-state index contributed by atoms with van der Waals surface area (Å²) in [6.07, 6.45) is 2.45. The van der Waals surface area contributed by atoms with E-state index in [0.29, 0.717) is 0 Å². The van der Waals surface area contributed by atoms with Crippen molar-refractivity contribution in [3.05, 3.63) is 30.5 Å². The van der Waals surface area contributed by atoms with Gasteiger partial charge in [0, 0.05) is 6.07 Å². The van der Waals surface area contributed by atoms with Crippen molar-refractivity contribution < 1.29 is 19.1 Å². The van der Waals surface area contributed by atoms with Gasteiger partial charge in [-0.1, -0.05) is 0 Å². The van der Waals surface area contributed by atoms with Crippen LogP contribution in [0.15, 0.2) is 29.1 Å². The Labute approximate surface area is 94.9 Å². The Bertz CT molecular complexity index is 531. The molecule has 1 amide bonds. The highest BCUT2D eigenvalue weighted by Gasteiger charge is 2.14. The molecule has 2 N–H and O–H groups in total. The minimum atomic E-state index is -0.706. The molecule has 0 unspecified atom stereocenters. The Morgan fingerprint density at radius 3 is 3.00 bits per heavy atom. The third kappa shape index (κ3) is 2.37. The monoisotopic (exact) mass is 236 g/mol. The van der Waals surface area contributed by atoms with E-state index >= 15 is 0 Å². The Kier molecular flexibility index (Phi) is 2.97. The molecule has 88 valence electrons. The molecule has 0 atom stereocenters. The van der Waals surface area contributed by atoms with Crippen molar-refractivity contribution in [3.8, 4) is 0 Å². The number of amides is 1. The van der Waals surface area contributed by atoms with Crippen LogP contribution in [0.25, 0.3) is 0 Å². The van der Waals surface area contributed by atoms with Crippen LogP contribution in [-0.2, 0) is 0 Å². The molecule has 0 fully saturated rings. The number of carbonyl (C=O) groups excluding carboxylic acids is 2. The van der Waals surface area contributed by atoms with Gasteiger partial charge in [-0.25, -0.2) is 4.98 Å². The quantitative estimate of drug-likeness (QED) is 0.760. The van der Waals surface area contributed by atoms with Crippen LogP contribution in [0.4, 0.5) is 5.88 Å². The summed E-state index contributed by atoms with van der Waals surface area (Å²) in [7, 11) is 0. The molecule has 8 nitrogen and oxygen atoms in total. The highest BCUT2D eigenvalue weighted by atomic mass is 16.3. The van der Waals surface area contributed by atoms with E-state index in [9.17, 15) is 9.59 Å². The lowest BCUT2D eigenvalue weighted by Gasteiger charge is -1.96. The first-order chi connectivity index (χ1) is 8.20. The van der Waals surface area contributed by atoms with E-state index in [1.54, 1.807) is 12.1 Å². The molecule has 0 saturated heterocycles. The minimum absolute atomic E-state index is 0.191. The summed E-state index contributed by atoms with van der Waals surface area (Å²) in [5.74, 6) is -1.22. The molecule has 0 bridgehead atoms. The predicted octanol–water partition coefficient (Wildman–Crippen LogP) is -0.244. The van der Waals surface area contributed by atoms with Crippen LogP contribution in [-0.4, -0.2) is 38.3 Å². The molecule has 0 aliphatic rings. The molecule has 2 heterocycles. The van der Waals surface area contributed by atoms with Crippen molar-refractivity contribution in [2.75, 3.05) is 11.9 Å². The molecule has 0 saturated carbocycles. The fourth-order valence-electron chi connectivity index (χ4n) is 1.08. The average molecular weight is 236 g/mol. The molecule has 8 heteroatoms. The first-order valence-corrected chi connectivity index (χ1v) is 4.61. The van der Waals surface area contributed by atoms with Gasteiger partial charge >= 0.3 is 0 Å². The largest absolute Gasteiger partial charge is 0.449 e. The summed E-state index contributed by atoms with van der Waals surface area (Å²) in [4.78, 5) is 26.2. The van der Waals surface area contributed by atoms with Crippen molar-refractivity contribution in [2.24, 2.45) is 0 Å². The zero-order chi connectivity index (χ0) is 12.3. The Hall–Kier alpha value is -2.48. The highest BCUT2D eigenvalue weighted by molar-refractivity contribution is 6.00. The van der Waals surface area contributed by atoms with Crippen molar-refractivity contribution >= 4 is 17.7 Å². The number of aliphatic hydroxyl groups is 1. The smallest absolute Gasteiger partial charge is 0.297 e. The van der Waals surface area contributed by atoms with Gasteiger partial charge < -0.3 is 9.52 Å². The van der Waals surface area contributed by atoms with Crippen LogP contribution < -0.4 is 5.32 Å². The molecule has 2 aromatic heterocycles. The number of nitrogens with zero attached hydrogens (tertiary/aromatic N) is 3. The van der Waals surface area contributed by atoms with Crippen molar-refractivity contribution in [1.82, 2.24) is 14.8 Å². The number of aromatic nitrogens is 3. The van der Waals surface area contributed by atoms with E-state index in [2.05, 4.69) is 15.4 Å². The second kappa shape index (κ2) is 4.58. The first-order valence-electron chi connectivity index (χ1n) is 4.61. The Morgan fingerprint density at radius 1 is 1.53 bits per heavy atom. The lowest BCUT2D eigenvalue weighted by molar-refractivity contribution is 0.0801. The van der Waals surface area contributed by atoms with E-state index in [4.69, 9.17) is 9.52 Å². The van der Waals surface area contributed by atoms with Gasteiger partial charge in [0.25, 0.3) is 11.8 Å². The van der Waals surface area contributed by atoms with Crippen LogP contribution in [0.3, 0.4) is 0 Å². The number of rotatable bonds is 3. The number of furan rings is 1. The van der Waals surface area contributed by atoms with Gasteiger partial charge in [0.05, 0.1) is 6.26 Å². The van der Waals surface area contributed by atoms with E-state index < -0.39 is 18.4 Å². The number of anilines is 1. The topological polar surface area (TPSA) is 110 Å². The predicted molar refractivity (Wildman–Crippen MR) is 54.4 cm³/mol. The van der Waals surface area contributed by atoms with E-state index in [1.807, 2.05) is 0 Å². The molecular formula is C9H8N4O4. The minimum Gasteiger partial charge on any atom is -0.449 e. The van der Waals surface area contributed by atoms with Gasteiger partial charge in [-0.2, -0.15) is 4.68 Å². The summed E-state index contributed by atoms with van der Waals surface area (Å²) in [6, 6.07) is 3.16. The normalized spacial score (nSPS) is 10.2. The molecule has 0 aliphatic heterocycles. The van der Waals surface area contributed by atoms with Gasteiger partial charge in [0.1, 0.15) is 12.9 Å². The highest BCUT2D eigenvalue weighted by Crippen LogP contribution is 2.07. The summed E-state index contributed by atoms with van der Waals surface area (Å²) in [5.41, 5.74) is 0. The number of carbonyl (C=O) groups is 2. The third-order valence-electron chi connectivity index (χ3n) is 1.84. The maximum Gasteiger partial charge on any atom is 0.297 e. The molecular weight excluding hydrogens is 228 g/mol. The molecule has 2 rings (SSSR count). The molecule has 17 heavy (non-hydrogen) atoms. The van der Waals surface area contributed by atoms with Crippen LogP contribution >= 0.6 is 0 Å². The van der Waals surface area contributed by atoms with Gasteiger partial charge in [0.15, 0.2) is 5.88 Å². The summed E-state index contributed by atoms with van der Waals surface area (Å²) < 4.78 is 5.69. The summed E-state index contributed by atoms with van der Waals surface area (Å²) in [6.45, 7) is -0.706. The van der Waals surface area contributed by atoms with E-state index in [0.717, 1.165) is 11.0 Å². The second-order valence-corrected chi connectivity index (χ2v) is 3.00. The second-order valence-electron chi connectivity index (χ2n) is 3.00. The van der Waals surface area contributed by atoms with Gasteiger partial charge in [-0.15, -0.1) is 5.10 Å². The third-order valence-corrected chi connectivity index (χ3v) is 1.84. The van der Waals surface area contributed by atoms with Gasteiger partial charge in [-0.05, 0) is 6.07 Å². The molecule has 0 aromatic carbocycles. The van der Waals surface area contributed by atoms with Crippen molar-refractivity contribution in [2.45, 2.75) is 0 Å². The SMILES string of the molecule is O=C(Nc1ccco1)c1ncn(C(=O)CO)n1. The molecule has 0 aliphatic carbocycles. The lowest BCUT2D eigenvalue weighted by Crippen LogP contribution is -2.18. The zero-order valence-electron chi connectivity index (χ0n) is 8.53. The summed E-state index contributed by atoms with van der Waals surface area (Å²) in [5, 5.41) is 14.6. The van der Waals surface area contributed by atoms with Crippen molar-refractivity contribution in [1.29, 1.82) is 0 Å². The van der Waals surface area contributed by atoms with Gasteiger partial charge in [-0.3, -0.25) is 14.9 Å². The lowest BCUT2D eigenvalue weighted by atomic mass is 10.5. The average Bonchev–Trinajstić information content (AvgIpc) is 2.98. The fourth-order valence-corrected chi connectivity index (χ4v) is 1.08. The number of hydrogen-bond donors (Lipinski definition) is 2. The Morgan fingerprint density at radius 2 is 2.35 bits per heavy atom. The maximum atomic E-state index is 11.6. The number of nitrogens with one attached hydrogen (secondary N) is 1. The van der Waals surface area contributed by atoms with Crippen LogP contribution in [0, 0.1) is 0 Å². The van der Waals surface area contributed by atoms with Crippen LogP contribution in [0.5, 0.6) is 0 Å². The van der Waals surface area contributed by atoms with E-state index in [-0.39, 0.29) is 11.7 Å². The van der Waals surface area contributed by atoms with Crippen LogP contribution in [0.1, 0.15) is 15.4 Å². The van der Waals surface area contributed by atoms with Crippen LogP contribution in [0.2, 0.25) is 0 Å². The molecule has 0 spiro atoms. The van der Waals surface area contributed by atoms with E-state index in [1.165, 1.54) is 6.26 Å². The standard InChI is InChI=1S/C9H8N4O4/c14-4-7(15)13-5-10-8(12-13)9(16)11-6-2-1-3-17-6/h1-3,5,14H,4H2,(H,11,16). The number of aliphatic hydroxyl groups excluding tert-OH is 1. The number of hydrogen-bond acceptors (Lipinski definition) is 6. The molecule has 2 aromatic rings. The van der Waals surface area contributed by atoms with Crippen molar-refractivity contribution in [3.63, 3.8) is 0 Å². The Balaban J connectivity index is 2.10. The summed E-state index contributed by atoms with van der Waals surface area (Å²) >= 11 is 0. The van der Waals surface area contributed by atoms with Gasteiger partial charge in [0.2, 0.25) is 5.82 Å². The maximum absolute atomic E-state index is 11.6. The zero-order valence-corrected chi connectivity index (χ0v) is 8.53. The fraction of sp³-hybridized carbons (Fsp3) is 0.111.